The predicted molar refractivity (Wildman–Crippen MR) is 75.8 cm³/mol. The van der Waals surface area contributed by atoms with E-state index in [1.165, 1.54) is 6.20 Å². The second kappa shape index (κ2) is 6.43. The zero-order valence-corrected chi connectivity index (χ0v) is 11.4. The van der Waals surface area contributed by atoms with Crippen molar-refractivity contribution in [1.29, 1.82) is 5.26 Å². The Balaban J connectivity index is 2.11. The van der Waals surface area contributed by atoms with Crippen LogP contribution in [-0.4, -0.2) is 19.2 Å². The molecule has 0 aliphatic heterocycles. The summed E-state index contributed by atoms with van der Waals surface area (Å²) in [5.74, 6) is 2.26. The van der Waals surface area contributed by atoms with Crippen LogP contribution < -0.4 is 14.8 Å². The summed E-state index contributed by atoms with van der Waals surface area (Å²) >= 11 is 0. The number of anilines is 1. The van der Waals surface area contributed by atoms with Gasteiger partial charge in [0.1, 0.15) is 23.4 Å². The van der Waals surface area contributed by atoms with Gasteiger partial charge in [-0.1, -0.05) is 0 Å². The van der Waals surface area contributed by atoms with Crippen LogP contribution in [0.1, 0.15) is 11.1 Å². The molecule has 102 valence electrons. The van der Waals surface area contributed by atoms with Crippen molar-refractivity contribution >= 4 is 5.82 Å². The van der Waals surface area contributed by atoms with Crippen LogP contribution in [0.3, 0.4) is 0 Å². The van der Waals surface area contributed by atoms with E-state index in [2.05, 4.69) is 10.3 Å². The molecule has 0 aliphatic carbocycles. The topological polar surface area (TPSA) is 67.2 Å². The first-order valence-electron chi connectivity index (χ1n) is 6.07. The van der Waals surface area contributed by atoms with Gasteiger partial charge in [-0.3, -0.25) is 0 Å². The maximum Gasteiger partial charge on any atom is 0.126 e. The first kappa shape index (κ1) is 13.7. The molecule has 0 atom stereocenters. The fourth-order valence-corrected chi connectivity index (χ4v) is 1.77. The second-order valence-electron chi connectivity index (χ2n) is 4.08. The molecule has 0 saturated heterocycles. The molecule has 0 spiro atoms. The number of nitrogens with zero attached hydrogens (tertiary/aromatic N) is 2. The summed E-state index contributed by atoms with van der Waals surface area (Å²) in [5.41, 5.74) is 1.51. The van der Waals surface area contributed by atoms with Gasteiger partial charge in [-0.25, -0.2) is 4.98 Å². The maximum atomic E-state index is 8.72. The van der Waals surface area contributed by atoms with Crippen LogP contribution in [0, 0.1) is 11.3 Å². The molecule has 1 N–H and O–H groups in total. The van der Waals surface area contributed by atoms with Gasteiger partial charge in [0.15, 0.2) is 0 Å². The molecule has 1 aromatic heterocycles. The molecule has 0 radical (unpaired) electrons. The standard InChI is InChI=1S/C15H15N3O2/c1-19-13-4-5-14(20-2)12(7-13)10-18-15-6-3-11(8-16)9-17-15/h3-7,9H,10H2,1-2H3,(H,17,18). The maximum absolute atomic E-state index is 8.72. The molecule has 0 unspecified atom stereocenters. The zero-order chi connectivity index (χ0) is 14.4. The lowest BCUT2D eigenvalue weighted by molar-refractivity contribution is 0.399. The predicted octanol–water partition coefficient (Wildman–Crippen LogP) is 2.58. The first-order chi connectivity index (χ1) is 9.76. The minimum absolute atomic E-state index is 0.537. The average molecular weight is 269 g/mol. The summed E-state index contributed by atoms with van der Waals surface area (Å²) in [4.78, 5) is 4.16. The third-order valence-corrected chi connectivity index (χ3v) is 2.84. The molecule has 5 nitrogen and oxygen atoms in total. The van der Waals surface area contributed by atoms with Crippen LogP contribution in [0.15, 0.2) is 36.5 Å². The number of methoxy groups -OCH3 is 2. The van der Waals surface area contributed by atoms with Crippen LogP contribution in [-0.2, 0) is 6.54 Å². The van der Waals surface area contributed by atoms with Crippen molar-refractivity contribution < 1.29 is 9.47 Å². The zero-order valence-electron chi connectivity index (χ0n) is 11.4. The minimum Gasteiger partial charge on any atom is -0.497 e. The van der Waals surface area contributed by atoms with Gasteiger partial charge < -0.3 is 14.8 Å². The average Bonchev–Trinajstić information content (AvgIpc) is 2.53. The quantitative estimate of drug-likeness (QED) is 0.903. The van der Waals surface area contributed by atoms with Crippen molar-refractivity contribution in [3.63, 3.8) is 0 Å². The van der Waals surface area contributed by atoms with Gasteiger partial charge in [-0.05, 0) is 30.3 Å². The van der Waals surface area contributed by atoms with Gasteiger partial charge in [0, 0.05) is 18.3 Å². The van der Waals surface area contributed by atoms with E-state index in [0.717, 1.165) is 17.1 Å². The van der Waals surface area contributed by atoms with Crippen molar-refractivity contribution in [2.75, 3.05) is 19.5 Å². The highest BCUT2D eigenvalue weighted by atomic mass is 16.5. The molecule has 1 aromatic carbocycles. The largest absolute Gasteiger partial charge is 0.497 e. The Labute approximate surface area is 117 Å². The highest BCUT2D eigenvalue weighted by molar-refractivity contribution is 5.44. The SMILES string of the molecule is COc1ccc(OC)c(CNc2ccc(C#N)cn2)c1. The fraction of sp³-hybridized carbons (Fsp3) is 0.200. The minimum atomic E-state index is 0.537. The summed E-state index contributed by atoms with van der Waals surface area (Å²) in [7, 11) is 3.26. The summed E-state index contributed by atoms with van der Waals surface area (Å²) in [6.45, 7) is 0.555. The second-order valence-corrected chi connectivity index (χ2v) is 4.08. The number of rotatable bonds is 5. The molecule has 1 heterocycles. The van der Waals surface area contributed by atoms with Gasteiger partial charge in [-0.15, -0.1) is 0 Å². The first-order valence-corrected chi connectivity index (χ1v) is 6.07. The van der Waals surface area contributed by atoms with Crippen molar-refractivity contribution in [1.82, 2.24) is 4.98 Å². The van der Waals surface area contributed by atoms with Crippen molar-refractivity contribution in [3.05, 3.63) is 47.7 Å². The van der Waals surface area contributed by atoms with E-state index in [4.69, 9.17) is 14.7 Å². The van der Waals surface area contributed by atoms with Crippen LogP contribution >= 0.6 is 0 Å². The number of pyridine rings is 1. The van der Waals surface area contributed by atoms with Gasteiger partial charge in [0.25, 0.3) is 0 Å². The Morgan fingerprint density at radius 2 is 2.05 bits per heavy atom. The summed E-state index contributed by atoms with van der Waals surface area (Å²) in [6.07, 6.45) is 1.53. The molecule has 5 heteroatoms. The normalized spacial score (nSPS) is 9.65. The number of aromatic nitrogens is 1. The molecule has 0 fully saturated rings. The molecule has 0 saturated carbocycles. The van der Waals surface area contributed by atoms with E-state index in [1.54, 1.807) is 26.4 Å². The molecule has 0 aliphatic rings. The Morgan fingerprint density at radius 1 is 1.20 bits per heavy atom. The number of nitriles is 1. The molecular formula is C15H15N3O2. The van der Waals surface area contributed by atoms with Gasteiger partial charge in [0.05, 0.1) is 19.8 Å². The van der Waals surface area contributed by atoms with E-state index in [1.807, 2.05) is 24.3 Å². The number of ether oxygens (including phenoxy) is 2. The Bertz CT molecular complexity index is 618. The van der Waals surface area contributed by atoms with Crippen LogP contribution in [0.5, 0.6) is 11.5 Å². The van der Waals surface area contributed by atoms with Gasteiger partial charge in [0.2, 0.25) is 0 Å². The highest BCUT2D eigenvalue weighted by Gasteiger charge is 2.05. The van der Waals surface area contributed by atoms with Gasteiger partial charge in [-0.2, -0.15) is 5.26 Å². The smallest absolute Gasteiger partial charge is 0.126 e. The van der Waals surface area contributed by atoms with Crippen molar-refractivity contribution in [2.45, 2.75) is 6.54 Å². The molecule has 2 rings (SSSR count). The van der Waals surface area contributed by atoms with Crippen LogP contribution in [0.4, 0.5) is 5.82 Å². The van der Waals surface area contributed by atoms with Gasteiger partial charge >= 0.3 is 0 Å². The number of hydrogen-bond acceptors (Lipinski definition) is 5. The van der Waals surface area contributed by atoms with Crippen LogP contribution in [0.25, 0.3) is 0 Å². The van der Waals surface area contributed by atoms with E-state index >= 15 is 0 Å². The Hall–Kier alpha value is -2.74. The molecule has 0 amide bonds. The molecule has 20 heavy (non-hydrogen) atoms. The Morgan fingerprint density at radius 3 is 2.65 bits per heavy atom. The van der Waals surface area contributed by atoms with Crippen LogP contribution in [0.2, 0.25) is 0 Å². The third kappa shape index (κ3) is 3.18. The summed E-state index contributed by atoms with van der Waals surface area (Å²) in [6, 6.07) is 11.1. The lowest BCUT2D eigenvalue weighted by atomic mass is 10.2. The number of nitrogens with one attached hydrogen (secondary N) is 1. The Kier molecular flexibility index (Phi) is 4.40. The molecule has 0 bridgehead atoms. The lowest BCUT2D eigenvalue weighted by Crippen LogP contribution is -2.03. The fourth-order valence-electron chi connectivity index (χ4n) is 1.77. The van der Waals surface area contributed by atoms with E-state index in [9.17, 15) is 0 Å². The van der Waals surface area contributed by atoms with Crippen molar-refractivity contribution in [3.8, 4) is 17.6 Å². The highest BCUT2D eigenvalue weighted by Crippen LogP contribution is 2.24. The summed E-state index contributed by atoms with van der Waals surface area (Å²) < 4.78 is 10.5. The number of benzene rings is 1. The monoisotopic (exact) mass is 269 g/mol. The molecular weight excluding hydrogens is 254 g/mol. The third-order valence-electron chi connectivity index (χ3n) is 2.84. The van der Waals surface area contributed by atoms with E-state index < -0.39 is 0 Å². The molecule has 2 aromatic rings. The summed E-state index contributed by atoms with van der Waals surface area (Å²) in [5, 5.41) is 11.9. The number of hydrogen-bond donors (Lipinski definition) is 1. The van der Waals surface area contributed by atoms with E-state index in [-0.39, 0.29) is 0 Å². The van der Waals surface area contributed by atoms with Crippen molar-refractivity contribution in [2.24, 2.45) is 0 Å². The lowest BCUT2D eigenvalue weighted by Gasteiger charge is -2.11. The van der Waals surface area contributed by atoms with E-state index in [0.29, 0.717) is 17.9 Å².